The molecule has 2 atom stereocenters. The fourth-order valence-corrected chi connectivity index (χ4v) is 2.26. The summed E-state index contributed by atoms with van der Waals surface area (Å²) in [5.41, 5.74) is 1.12. The first-order valence-corrected chi connectivity index (χ1v) is 5.28. The van der Waals surface area contributed by atoms with Crippen molar-refractivity contribution in [1.82, 2.24) is 4.90 Å². The Morgan fingerprint density at radius 2 is 1.87 bits per heavy atom. The lowest BCUT2D eigenvalue weighted by Crippen LogP contribution is -2.41. The molecule has 1 fully saturated rings. The molecule has 0 unspecified atom stereocenters. The fraction of sp³-hybridized carbons (Fsp3) is 0.500. The smallest absolute Gasteiger partial charge is 0.157 e. The van der Waals surface area contributed by atoms with Crippen molar-refractivity contribution in [2.45, 2.75) is 24.8 Å². The number of hydrogen-bond donors (Lipinski definition) is 2. The van der Waals surface area contributed by atoms with E-state index in [0.717, 1.165) is 12.0 Å². The van der Waals surface area contributed by atoms with Crippen LogP contribution in [0, 0.1) is 0 Å². The molecule has 0 spiro atoms. The first-order valence-electron chi connectivity index (χ1n) is 5.28. The molecule has 3 heteroatoms. The molecular weight excluding hydrogens is 190 g/mol. The third kappa shape index (κ3) is 1.79. The summed E-state index contributed by atoms with van der Waals surface area (Å²) in [5, 5.41) is 18.7. The van der Waals surface area contributed by atoms with Crippen molar-refractivity contribution in [1.29, 1.82) is 0 Å². The topological polar surface area (TPSA) is 43.7 Å². The van der Waals surface area contributed by atoms with Crippen molar-refractivity contribution in [2.24, 2.45) is 0 Å². The van der Waals surface area contributed by atoms with Gasteiger partial charge in [-0.3, -0.25) is 0 Å². The molecule has 2 rings (SSSR count). The van der Waals surface area contributed by atoms with Crippen LogP contribution in [-0.2, 0) is 0 Å². The number of nitrogens with zero attached hydrogens (tertiary/aromatic N) is 1. The Labute approximate surface area is 90.0 Å². The van der Waals surface area contributed by atoms with Crippen LogP contribution in [0.5, 0.6) is 11.5 Å². The van der Waals surface area contributed by atoms with Gasteiger partial charge in [-0.15, -0.1) is 0 Å². The number of benzene rings is 1. The van der Waals surface area contributed by atoms with E-state index >= 15 is 0 Å². The summed E-state index contributed by atoms with van der Waals surface area (Å²) in [6.45, 7) is 0. The maximum Gasteiger partial charge on any atom is 0.157 e. The molecule has 0 aromatic heterocycles. The number of hydrogen-bond acceptors (Lipinski definition) is 3. The van der Waals surface area contributed by atoms with Gasteiger partial charge in [-0.25, -0.2) is 0 Å². The van der Waals surface area contributed by atoms with Crippen molar-refractivity contribution in [3.63, 3.8) is 0 Å². The molecule has 0 radical (unpaired) electrons. The van der Waals surface area contributed by atoms with Crippen LogP contribution in [0.2, 0.25) is 0 Å². The minimum Gasteiger partial charge on any atom is -0.504 e. The summed E-state index contributed by atoms with van der Waals surface area (Å²) in [7, 11) is 4.16. The van der Waals surface area contributed by atoms with E-state index in [1.165, 1.54) is 6.42 Å². The quantitative estimate of drug-likeness (QED) is 0.728. The van der Waals surface area contributed by atoms with Gasteiger partial charge < -0.3 is 15.1 Å². The van der Waals surface area contributed by atoms with E-state index in [1.807, 2.05) is 6.07 Å². The van der Waals surface area contributed by atoms with E-state index in [-0.39, 0.29) is 11.5 Å². The molecule has 1 aromatic rings. The lowest BCUT2D eigenvalue weighted by atomic mass is 9.74. The first-order chi connectivity index (χ1) is 7.09. The van der Waals surface area contributed by atoms with Gasteiger partial charge in [-0.2, -0.15) is 0 Å². The van der Waals surface area contributed by atoms with Crippen molar-refractivity contribution in [2.75, 3.05) is 14.1 Å². The predicted octanol–water partition coefficient (Wildman–Crippen LogP) is 1.91. The number of likely N-dealkylation sites (N-methyl/N-ethyl adjacent to an activating group) is 1. The molecule has 0 bridgehead atoms. The average Bonchev–Trinajstić information content (AvgIpc) is 2.08. The lowest BCUT2D eigenvalue weighted by molar-refractivity contribution is 0.158. The van der Waals surface area contributed by atoms with Gasteiger partial charge in [0.25, 0.3) is 0 Å². The monoisotopic (exact) mass is 207 g/mol. The highest BCUT2D eigenvalue weighted by Gasteiger charge is 2.33. The molecule has 3 nitrogen and oxygen atoms in total. The summed E-state index contributed by atoms with van der Waals surface area (Å²) in [6.07, 6.45) is 2.37. The molecule has 0 heterocycles. The van der Waals surface area contributed by atoms with Crippen molar-refractivity contribution >= 4 is 0 Å². The molecule has 0 aliphatic heterocycles. The number of aromatic hydroxyl groups is 2. The second-order valence-electron chi connectivity index (χ2n) is 4.46. The average molecular weight is 207 g/mol. The van der Waals surface area contributed by atoms with Gasteiger partial charge in [0.05, 0.1) is 0 Å². The second kappa shape index (κ2) is 3.74. The third-order valence-electron chi connectivity index (χ3n) is 3.33. The van der Waals surface area contributed by atoms with Gasteiger partial charge in [0.15, 0.2) is 11.5 Å². The second-order valence-corrected chi connectivity index (χ2v) is 4.46. The highest BCUT2D eigenvalue weighted by molar-refractivity contribution is 5.42. The van der Waals surface area contributed by atoms with E-state index in [9.17, 15) is 10.2 Å². The number of phenolic OH excluding ortho intramolecular Hbond substituents is 2. The molecule has 1 aliphatic rings. The Morgan fingerprint density at radius 3 is 2.33 bits per heavy atom. The van der Waals surface area contributed by atoms with E-state index in [1.54, 1.807) is 12.1 Å². The standard InChI is InChI=1S/C12H17NO2/c1-13(2)10-5-4-9(10)8-3-6-11(14)12(15)7-8/h3,6-7,9-10,14-15H,4-5H2,1-2H3/t9-,10+/m0/s1. The Hall–Kier alpha value is -1.22. The van der Waals surface area contributed by atoms with Gasteiger partial charge in [-0.1, -0.05) is 6.07 Å². The van der Waals surface area contributed by atoms with Crippen LogP contribution in [0.1, 0.15) is 24.3 Å². The lowest BCUT2D eigenvalue weighted by Gasteiger charge is -2.41. The molecule has 2 N–H and O–H groups in total. The summed E-state index contributed by atoms with van der Waals surface area (Å²) < 4.78 is 0. The predicted molar refractivity (Wildman–Crippen MR) is 59.2 cm³/mol. The Bertz CT molecular complexity index is 363. The van der Waals surface area contributed by atoms with E-state index < -0.39 is 0 Å². The van der Waals surface area contributed by atoms with Crippen LogP contribution in [0.25, 0.3) is 0 Å². The molecule has 0 amide bonds. The van der Waals surface area contributed by atoms with Crippen LogP contribution in [0.4, 0.5) is 0 Å². The molecule has 1 aliphatic carbocycles. The minimum atomic E-state index is -0.0422. The zero-order valence-electron chi connectivity index (χ0n) is 9.14. The van der Waals surface area contributed by atoms with Crippen LogP contribution in [0.3, 0.4) is 0 Å². The van der Waals surface area contributed by atoms with Gasteiger partial charge in [-0.05, 0) is 50.6 Å². The molecular formula is C12H17NO2. The van der Waals surface area contributed by atoms with E-state index in [0.29, 0.717) is 12.0 Å². The van der Waals surface area contributed by atoms with Crippen LogP contribution >= 0.6 is 0 Å². The zero-order chi connectivity index (χ0) is 11.0. The molecule has 1 saturated carbocycles. The maximum atomic E-state index is 9.43. The maximum absolute atomic E-state index is 9.43. The Morgan fingerprint density at radius 1 is 1.13 bits per heavy atom. The summed E-state index contributed by atoms with van der Waals surface area (Å²) in [4.78, 5) is 2.22. The molecule has 0 saturated heterocycles. The van der Waals surface area contributed by atoms with E-state index in [2.05, 4.69) is 19.0 Å². The minimum absolute atomic E-state index is 0.0168. The summed E-state index contributed by atoms with van der Waals surface area (Å²) in [5.74, 6) is 0.433. The normalized spacial score (nSPS) is 25.3. The highest BCUT2D eigenvalue weighted by atomic mass is 16.3. The molecule has 15 heavy (non-hydrogen) atoms. The number of rotatable bonds is 2. The molecule has 82 valence electrons. The largest absolute Gasteiger partial charge is 0.504 e. The first kappa shape index (κ1) is 10.3. The summed E-state index contributed by atoms with van der Waals surface area (Å²) >= 11 is 0. The SMILES string of the molecule is CN(C)[C@@H]1CC[C@H]1c1ccc(O)c(O)c1. The van der Waals surface area contributed by atoms with Gasteiger partial charge in [0.1, 0.15) is 0 Å². The van der Waals surface area contributed by atoms with Crippen LogP contribution < -0.4 is 0 Å². The van der Waals surface area contributed by atoms with Gasteiger partial charge in [0.2, 0.25) is 0 Å². The van der Waals surface area contributed by atoms with Gasteiger partial charge >= 0.3 is 0 Å². The van der Waals surface area contributed by atoms with E-state index in [4.69, 9.17) is 0 Å². The zero-order valence-corrected chi connectivity index (χ0v) is 9.14. The Balaban J connectivity index is 2.20. The highest BCUT2D eigenvalue weighted by Crippen LogP contribution is 2.41. The van der Waals surface area contributed by atoms with Crippen molar-refractivity contribution < 1.29 is 10.2 Å². The third-order valence-corrected chi connectivity index (χ3v) is 3.33. The van der Waals surface area contributed by atoms with Crippen LogP contribution in [0.15, 0.2) is 18.2 Å². The van der Waals surface area contributed by atoms with Gasteiger partial charge in [0, 0.05) is 6.04 Å². The Kier molecular flexibility index (Phi) is 2.57. The molecule has 1 aromatic carbocycles. The van der Waals surface area contributed by atoms with Crippen molar-refractivity contribution in [3.8, 4) is 11.5 Å². The van der Waals surface area contributed by atoms with Crippen LogP contribution in [-0.4, -0.2) is 35.3 Å². The number of phenols is 2. The summed E-state index contributed by atoms with van der Waals surface area (Å²) in [6, 6.07) is 5.70. The fourth-order valence-electron chi connectivity index (χ4n) is 2.26. The van der Waals surface area contributed by atoms with Crippen molar-refractivity contribution in [3.05, 3.63) is 23.8 Å².